The number of nitrogens with one attached hydrogen (secondary N) is 1. The molecule has 2 aromatic rings. The number of thioether (sulfide) groups is 1. The maximum Gasteiger partial charge on any atom is 0.309 e. The van der Waals surface area contributed by atoms with Gasteiger partial charge in [0.25, 0.3) is 0 Å². The number of anilines is 1. The van der Waals surface area contributed by atoms with Crippen LogP contribution in [0.1, 0.15) is 30.1 Å². The van der Waals surface area contributed by atoms with Gasteiger partial charge in [0, 0.05) is 24.4 Å². The molecular weight excluding hydrogens is 484 g/mol. The Bertz CT molecular complexity index is 1090. The molecule has 12 heteroatoms. The summed E-state index contributed by atoms with van der Waals surface area (Å²) >= 11 is 2.83. The highest BCUT2D eigenvalue weighted by Crippen LogP contribution is 2.26. The predicted molar refractivity (Wildman–Crippen MR) is 128 cm³/mol. The van der Waals surface area contributed by atoms with E-state index in [-0.39, 0.29) is 47.8 Å². The molecule has 0 radical (unpaired) electrons. The average Bonchev–Trinajstić information content (AvgIpc) is 3.29. The summed E-state index contributed by atoms with van der Waals surface area (Å²) in [5.74, 6) is -0.110. The van der Waals surface area contributed by atoms with Crippen LogP contribution in [0.15, 0.2) is 46.2 Å². The van der Waals surface area contributed by atoms with Gasteiger partial charge in [0.15, 0.2) is 10.1 Å². The minimum Gasteiger partial charge on any atom is -0.466 e. The second-order valence-corrected chi connectivity index (χ2v) is 11.4. The van der Waals surface area contributed by atoms with E-state index in [1.54, 1.807) is 25.1 Å². The van der Waals surface area contributed by atoms with E-state index in [1.165, 1.54) is 39.5 Å². The maximum atomic E-state index is 13.1. The molecule has 1 aliphatic rings. The quantitative estimate of drug-likeness (QED) is 0.210. The number of nitrogens with zero attached hydrogens (tertiary/aromatic N) is 3. The topological polar surface area (TPSA) is 119 Å². The van der Waals surface area contributed by atoms with Crippen LogP contribution in [0.25, 0.3) is 0 Å². The fourth-order valence-corrected chi connectivity index (χ4v) is 6.32. The largest absolute Gasteiger partial charge is 0.466 e. The first-order valence-electron chi connectivity index (χ1n) is 10.5. The van der Waals surface area contributed by atoms with Crippen LogP contribution in [0, 0.1) is 5.92 Å². The third kappa shape index (κ3) is 6.62. The van der Waals surface area contributed by atoms with E-state index in [2.05, 4.69) is 22.1 Å². The van der Waals surface area contributed by atoms with Crippen LogP contribution < -0.4 is 5.32 Å². The van der Waals surface area contributed by atoms with Gasteiger partial charge in [-0.25, -0.2) is 8.42 Å². The van der Waals surface area contributed by atoms with Crippen LogP contribution in [-0.2, 0) is 19.6 Å². The molecule has 1 saturated heterocycles. The number of benzene rings is 1. The van der Waals surface area contributed by atoms with Crippen molar-refractivity contribution < 1.29 is 22.7 Å². The number of ketones is 1. The summed E-state index contributed by atoms with van der Waals surface area (Å²) < 4.78 is 33.3. The number of hydrogen-bond acceptors (Lipinski definition) is 10. The normalized spacial score (nSPS) is 15.2. The number of aromatic nitrogens is 2. The molecule has 9 nitrogen and oxygen atoms in total. The third-order valence-electron chi connectivity index (χ3n) is 5.00. The lowest BCUT2D eigenvalue weighted by molar-refractivity contribution is -0.149. The number of Topliss-reactive ketones (excluding diaryl/α,β-unsaturated/α-hetero) is 1. The zero-order valence-corrected chi connectivity index (χ0v) is 20.7. The van der Waals surface area contributed by atoms with Gasteiger partial charge in [0.2, 0.25) is 15.2 Å². The summed E-state index contributed by atoms with van der Waals surface area (Å²) in [6.07, 6.45) is 2.59. The van der Waals surface area contributed by atoms with Crippen LogP contribution in [-0.4, -0.2) is 66.7 Å². The van der Waals surface area contributed by atoms with Crippen molar-refractivity contribution in [1.82, 2.24) is 14.5 Å². The molecule has 0 amide bonds. The first-order chi connectivity index (χ1) is 15.8. The van der Waals surface area contributed by atoms with E-state index in [0.717, 1.165) is 10.1 Å². The SMILES string of the molecule is C=CCSc1nnc(NCC(=O)c2cccc(S(=O)(=O)N3CCC(C(=O)OCC)CC3)c2)s1. The zero-order chi connectivity index (χ0) is 23.8. The standard InChI is InChI=1S/C21H26N4O5S3/c1-3-12-31-21-24-23-20(32-21)22-14-18(26)16-6-5-7-17(13-16)33(28,29)25-10-8-15(9-11-25)19(27)30-4-2/h3,5-7,13,15H,1,4,8-12,14H2,2H3,(H,22,23). The fraction of sp³-hybridized carbons (Fsp3) is 0.429. The van der Waals surface area contributed by atoms with Crippen molar-refractivity contribution in [3.8, 4) is 0 Å². The van der Waals surface area contributed by atoms with Crippen molar-refractivity contribution in [2.75, 3.05) is 37.3 Å². The smallest absolute Gasteiger partial charge is 0.309 e. The first-order valence-corrected chi connectivity index (χ1v) is 13.7. The number of carbonyl (C=O) groups is 2. The van der Waals surface area contributed by atoms with E-state index in [1.807, 2.05) is 0 Å². The Morgan fingerprint density at radius 2 is 2.09 bits per heavy atom. The minimum absolute atomic E-state index is 0.0325. The molecule has 0 saturated carbocycles. The van der Waals surface area contributed by atoms with Gasteiger partial charge in [-0.3, -0.25) is 9.59 Å². The Balaban J connectivity index is 1.61. The number of hydrogen-bond donors (Lipinski definition) is 1. The van der Waals surface area contributed by atoms with E-state index in [4.69, 9.17) is 4.74 Å². The van der Waals surface area contributed by atoms with Crippen molar-refractivity contribution in [1.29, 1.82) is 0 Å². The molecule has 0 atom stereocenters. The molecular formula is C21H26N4O5S3. The van der Waals surface area contributed by atoms with Gasteiger partial charge in [-0.2, -0.15) is 4.31 Å². The predicted octanol–water partition coefficient (Wildman–Crippen LogP) is 3.07. The van der Waals surface area contributed by atoms with Crippen LogP contribution >= 0.6 is 23.1 Å². The number of rotatable bonds is 11. The fourth-order valence-electron chi connectivity index (χ4n) is 3.30. The summed E-state index contributed by atoms with van der Waals surface area (Å²) in [5, 5.41) is 11.5. The molecule has 0 bridgehead atoms. The monoisotopic (exact) mass is 510 g/mol. The van der Waals surface area contributed by atoms with Crippen LogP contribution in [0.5, 0.6) is 0 Å². The van der Waals surface area contributed by atoms with E-state index < -0.39 is 10.0 Å². The summed E-state index contributed by atoms with van der Waals surface area (Å²) in [4.78, 5) is 24.6. The number of piperidine rings is 1. The van der Waals surface area contributed by atoms with Crippen LogP contribution in [0.2, 0.25) is 0 Å². The Hall–Kier alpha value is -2.28. The van der Waals surface area contributed by atoms with Crippen molar-refractivity contribution in [3.05, 3.63) is 42.5 Å². The first kappa shape index (κ1) is 25.3. The molecule has 0 aliphatic carbocycles. The summed E-state index contributed by atoms with van der Waals surface area (Å²) in [5.41, 5.74) is 0.288. The summed E-state index contributed by atoms with van der Waals surface area (Å²) in [7, 11) is -3.77. The Morgan fingerprint density at radius 1 is 1.33 bits per heavy atom. The molecule has 1 aromatic carbocycles. The van der Waals surface area contributed by atoms with Gasteiger partial charge >= 0.3 is 5.97 Å². The maximum absolute atomic E-state index is 13.1. The number of esters is 1. The van der Waals surface area contributed by atoms with Crippen molar-refractivity contribution in [3.63, 3.8) is 0 Å². The van der Waals surface area contributed by atoms with Gasteiger partial charge < -0.3 is 10.1 Å². The summed E-state index contributed by atoms with van der Waals surface area (Å²) in [6.45, 7) is 6.14. The van der Waals surface area contributed by atoms with Crippen LogP contribution in [0.4, 0.5) is 5.13 Å². The molecule has 1 N–H and O–H groups in total. The number of carbonyl (C=O) groups excluding carboxylic acids is 2. The van der Waals surface area contributed by atoms with Crippen LogP contribution in [0.3, 0.4) is 0 Å². The second-order valence-electron chi connectivity index (χ2n) is 7.21. The van der Waals surface area contributed by atoms with Crippen molar-refractivity contribution in [2.45, 2.75) is 29.0 Å². The molecule has 1 aliphatic heterocycles. The lowest BCUT2D eigenvalue weighted by Crippen LogP contribution is -2.40. The van der Waals surface area contributed by atoms with E-state index >= 15 is 0 Å². The van der Waals surface area contributed by atoms with Crippen molar-refractivity contribution in [2.24, 2.45) is 5.92 Å². The average molecular weight is 511 g/mol. The highest BCUT2D eigenvalue weighted by atomic mass is 32.2. The minimum atomic E-state index is -3.77. The third-order valence-corrected chi connectivity index (χ3v) is 8.90. The lowest BCUT2D eigenvalue weighted by Gasteiger charge is -2.30. The van der Waals surface area contributed by atoms with Gasteiger partial charge in [0.05, 0.1) is 24.0 Å². The van der Waals surface area contributed by atoms with Crippen molar-refractivity contribution >= 4 is 50.0 Å². The van der Waals surface area contributed by atoms with Gasteiger partial charge in [-0.05, 0) is 31.9 Å². The number of ether oxygens (including phenoxy) is 1. The summed E-state index contributed by atoms with van der Waals surface area (Å²) in [6, 6.07) is 6.01. The molecule has 3 rings (SSSR count). The zero-order valence-electron chi connectivity index (χ0n) is 18.2. The molecule has 2 heterocycles. The highest BCUT2D eigenvalue weighted by Gasteiger charge is 2.33. The number of sulfonamides is 1. The molecule has 178 valence electrons. The molecule has 1 fully saturated rings. The molecule has 0 unspecified atom stereocenters. The Kier molecular flexibility index (Phi) is 9.01. The molecule has 33 heavy (non-hydrogen) atoms. The molecule has 0 spiro atoms. The lowest BCUT2D eigenvalue weighted by atomic mass is 9.98. The Labute approximate surface area is 201 Å². The van der Waals surface area contributed by atoms with E-state index in [9.17, 15) is 18.0 Å². The highest BCUT2D eigenvalue weighted by molar-refractivity contribution is 8.01. The van der Waals surface area contributed by atoms with Gasteiger partial charge in [-0.15, -0.1) is 16.8 Å². The van der Waals surface area contributed by atoms with E-state index in [0.29, 0.717) is 24.6 Å². The van der Waals surface area contributed by atoms with Gasteiger partial charge in [-0.1, -0.05) is 41.3 Å². The second kappa shape index (κ2) is 11.7. The van der Waals surface area contributed by atoms with Gasteiger partial charge in [0.1, 0.15) is 0 Å². The molecule has 1 aromatic heterocycles. The Morgan fingerprint density at radius 3 is 2.79 bits per heavy atom.